The van der Waals surface area contributed by atoms with E-state index in [-0.39, 0.29) is 6.71 Å². The third-order valence-electron chi connectivity index (χ3n) is 20.1. The summed E-state index contributed by atoms with van der Waals surface area (Å²) in [5.74, 6) is 0. The molecule has 20 rings (SSSR count). The van der Waals surface area contributed by atoms with Gasteiger partial charge < -0.3 is 14.2 Å². The molecule has 446 valence electrons. The first-order chi connectivity index (χ1) is 47.6. The van der Waals surface area contributed by atoms with Crippen LogP contribution in [0.25, 0.3) is 140 Å². The van der Waals surface area contributed by atoms with Crippen LogP contribution in [0.2, 0.25) is 0 Å². The van der Waals surface area contributed by atoms with Crippen LogP contribution in [-0.4, -0.2) is 6.71 Å². The standard InChI is InChI=1S/C90H55BN2OS2/c1-5-23-56(24-6-1)66-36-19-37-67(57-25-7-2-8-26-57)89(66)92-76-48-45-61(64-34-21-43-84-86(64)71-32-14-17-41-82(71)95-84)52-74(76)91-75-53-62(65-35-22-44-85-87(65)72-33-15-18-42-83(72)96-85)46-49-77(75)93(90-68(58-27-9-3-10-28-58)38-20-39-69(90)59-29-11-4-12-30-59)79-55-63(54-78(92)88(79)91)60-47-50-81-73(51-60)70-31-13-16-40-80(70)94-81/h1-55H. The topological polar surface area (TPSA) is 19.6 Å². The van der Waals surface area contributed by atoms with Crippen molar-refractivity contribution in [3.05, 3.63) is 334 Å². The third-order valence-corrected chi connectivity index (χ3v) is 22.3. The molecule has 0 radical (unpaired) electrons. The Kier molecular flexibility index (Phi) is 12.5. The summed E-state index contributed by atoms with van der Waals surface area (Å²) in [7, 11) is 0. The summed E-state index contributed by atoms with van der Waals surface area (Å²) >= 11 is 3.75. The zero-order valence-electron chi connectivity index (χ0n) is 52.0. The van der Waals surface area contributed by atoms with Crippen molar-refractivity contribution in [2.45, 2.75) is 0 Å². The first-order valence-electron chi connectivity index (χ1n) is 32.9. The number of thiophene rings is 2. The van der Waals surface area contributed by atoms with Crippen LogP contribution in [0.4, 0.5) is 34.1 Å². The number of fused-ring (bicyclic) bond motifs is 13. The molecule has 0 fully saturated rings. The summed E-state index contributed by atoms with van der Waals surface area (Å²) in [4.78, 5) is 5.34. The maximum Gasteiger partial charge on any atom is 0.252 e. The maximum atomic E-state index is 6.60. The number of anilines is 6. The van der Waals surface area contributed by atoms with Crippen molar-refractivity contribution in [1.82, 2.24) is 0 Å². The Balaban J connectivity index is 0.969. The van der Waals surface area contributed by atoms with Crippen molar-refractivity contribution < 1.29 is 4.42 Å². The molecule has 0 atom stereocenters. The Morgan fingerprint density at radius 2 is 0.615 bits per heavy atom. The first kappa shape index (κ1) is 54.7. The van der Waals surface area contributed by atoms with Gasteiger partial charge in [-0.2, -0.15) is 0 Å². The fraction of sp³-hybridized carbons (Fsp3) is 0. The van der Waals surface area contributed by atoms with E-state index in [9.17, 15) is 0 Å². The van der Waals surface area contributed by atoms with Gasteiger partial charge in [-0.15, -0.1) is 22.7 Å². The lowest BCUT2D eigenvalue weighted by Crippen LogP contribution is -2.61. The molecule has 0 amide bonds. The molecule has 0 saturated carbocycles. The second-order valence-electron chi connectivity index (χ2n) is 25.3. The van der Waals surface area contributed by atoms with Crippen LogP contribution in [0.3, 0.4) is 0 Å². The van der Waals surface area contributed by atoms with Crippen LogP contribution >= 0.6 is 22.7 Å². The highest BCUT2D eigenvalue weighted by Gasteiger charge is 2.46. The second-order valence-corrected chi connectivity index (χ2v) is 27.5. The summed E-state index contributed by atoms with van der Waals surface area (Å²) in [5, 5.41) is 7.32. The average molecular weight is 1260 g/mol. The molecule has 18 aromatic rings. The Bertz CT molecular complexity index is 5740. The number of rotatable bonds is 9. The van der Waals surface area contributed by atoms with E-state index in [1.165, 1.54) is 79.0 Å². The lowest BCUT2D eigenvalue weighted by atomic mass is 9.33. The Morgan fingerprint density at radius 3 is 1.08 bits per heavy atom. The summed E-state index contributed by atoms with van der Waals surface area (Å²) in [5.41, 5.74) is 28.2. The van der Waals surface area contributed by atoms with Crippen molar-refractivity contribution in [2.75, 3.05) is 9.80 Å². The minimum atomic E-state index is -0.272. The molecule has 2 aliphatic heterocycles. The number of hydrogen-bond acceptors (Lipinski definition) is 5. The van der Waals surface area contributed by atoms with Crippen molar-refractivity contribution in [1.29, 1.82) is 0 Å². The molecule has 2 aliphatic rings. The van der Waals surface area contributed by atoms with Crippen molar-refractivity contribution in [3.8, 4) is 77.9 Å². The van der Waals surface area contributed by atoms with Gasteiger partial charge in [0, 0.05) is 96.1 Å². The number of para-hydroxylation sites is 3. The van der Waals surface area contributed by atoms with Crippen molar-refractivity contribution >= 4 is 142 Å². The monoisotopic (exact) mass is 1250 g/mol. The molecule has 0 N–H and O–H groups in total. The molecule has 0 unspecified atom stereocenters. The first-order valence-corrected chi connectivity index (χ1v) is 34.5. The van der Waals surface area contributed by atoms with Crippen LogP contribution in [0.5, 0.6) is 0 Å². The summed E-state index contributed by atoms with van der Waals surface area (Å²) in [6.45, 7) is -0.272. The molecule has 15 aromatic carbocycles. The third kappa shape index (κ3) is 8.52. The number of hydrogen-bond donors (Lipinski definition) is 0. The van der Waals surface area contributed by atoms with E-state index in [4.69, 9.17) is 4.42 Å². The van der Waals surface area contributed by atoms with Gasteiger partial charge in [-0.1, -0.05) is 267 Å². The minimum Gasteiger partial charge on any atom is -0.456 e. The highest BCUT2D eigenvalue weighted by atomic mass is 32.1. The Labute approximate surface area is 564 Å². The lowest BCUT2D eigenvalue weighted by molar-refractivity contribution is 0.669. The molecule has 96 heavy (non-hydrogen) atoms. The van der Waals surface area contributed by atoms with Crippen LogP contribution in [0.1, 0.15) is 0 Å². The molecule has 0 spiro atoms. The van der Waals surface area contributed by atoms with Crippen LogP contribution < -0.4 is 26.2 Å². The number of nitrogens with zero attached hydrogens (tertiary/aromatic N) is 2. The largest absolute Gasteiger partial charge is 0.456 e. The van der Waals surface area contributed by atoms with Gasteiger partial charge in [0.25, 0.3) is 6.71 Å². The summed E-state index contributed by atoms with van der Waals surface area (Å²) in [6.07, 6.45) is 0. The lowest BCUT2D eigenvalue weighted by Gasteiger charge is -2.46. The van der Waals surface area contributed by atoms with Gasteiger partial charge in [-0.3, -0.25) is 0 Å². The Morgan fingerprint density at radius 1 is 0.240 bits per heavy atom. The molecule has 0 bridgehead atoms. The number of benzene rings is 15. The molecular weight excluding hydrogens is 1200 g/mol. The van der Waals surface area contributed by atoms with Gasteiger partial charge in [0.05, 0.1) is 11.4 Å². The van der Waals surface area contributed by atoms with E-state index in [0.717, 1.165) is 112 Å². The molecule has 0 saturated heterocycles. The smallest absolute Gasteiger partial charge is 0.252 e. The quantitative estimate of drug-likeness (QED) is 0.134. The molecule has 3 nitrogen and oxygen atoms in total. The minimum absolute atomic E-state index is 0.272. The van der Waals surface area contributed by atoms with Gasteiger partial charge >= 0.3 is 0 Å². The van der Waals surface area contributed by atoms with Crippen LogP contribution in [0.15, 0.2) is 338 Å². The van der Waals surface area contributed by atoms with E-state index in [2.05, 4.69) is 343 Å². The molecule has 0 aliphatic carbocycles. The molecule has 3 aromatic heterocycles. The van der Waals surface area contributed by atoms with Gasteiger partial charge in [0.2, 0.25) is 0 Å². The van der Waals surface area contributed by atoms with Gasteiger partial charge in [-0.05, 0) is 139 Å². The second kappa shape index (κ2) is 21.9. The van der Waals surface area contributed by atoms with Crippen molar-refractivity contribution in [3.63, 3.8) is 0 Å². The molecule has 6 heteroatoms. The fourth-order valence-electron chi connectivity index (χ4n) is 15.9. The van der Waals surface area contributed by atoms with E-state index < -0.39 is 0 Å². The summed E-state index contributed by atoms with van der Waals surface area (Å²) in [6, 6.07) is 125. The zero-order chi connectivity index (χ0) is 63.0. The highest BCUT2D eigenvalue weighted by Crippen LogP contribution is 2.55. The predicted octanol–water partition coefficient (Wildman–Crippen LogP) is 24.1. The number of furan rings is 1. The van der Waals surface area contributed by atoms with Crippen LogP contribution in [-0.2, 0) is 0 Å². The Hall–Kier alpha value is -11.8. The molecular formula is C90H55BN2OS2. The van der Waals surface area contributed by atoms with E-state index in [0.29, 0.717) is 0 Å². The van der Waals surface area contributed by atoms with Crippen molar-refractivity contribution in [2.24, 2.45) is 0 Å². The van der Waals surface area contributed by atoms with Gasteiger partial charge in [0.1, 0.15) is 11.2 Å². The highest BCUT2D eigenvalue weighted by molar-refractivity contribution is 7.26. The fourth-order valence-corrected chi connectivity index (χ4v) is 18.2. The normalized spacial score (nSPS) is 12.5. The average Bonchev–Trinajstić information content (AvgIpc) is 0.895. The van der Waals surface area contributed by atoms with Gasteiger partial charge in [-0.25, -0.2) is 0 Å². The maximum absolute atomic E-state index is 6.60. The summed E-state index contributed by atoms with van der Waals surface area (Å²) < 4.78 is 11.7. The predicted molar refractivity (Wildman–Crippen MR) is 412 cm³/mol. The zero-order valence-corrected chi connectivity index (χ0v) is 53.6. The van der Waals surface area contributed by atoms with E-state index in [1.54, 1.807) is 0 Å². The molecule has 5 heterocycles. The SMILES string of the molecule is c1ccc(-c2cccc(-c3ccccc3)c2N2c3ccc(-c4cccc5sc6ccccc6c45)cc3B3c4cc(-c5cccc6sc7ccccc7c56)ccc4N(c4c(-c5ccccc5)cccc4-c4ccccc4)c4cc(-c5ccc6oc7ccccc7c6c5)cc2c43)cc1. The van der Waals surface area contributed by atoms with Crippen LogP contribution in [0, 0.1) is 0 Å². The van der Waals surface area contributed by atoms with Gasteiger partial charge in [0.15, 0.2) is 0 Å². The van der Waals surface area contributed by atoms with E-state index >= 15 is 0 Å². The van der Waals surface area contributed by atoms with E-state index in [1.807, 2.05) is 22.7 Å².